The highest BCUT2D eigenvalue weighted by atomic mass is 35.5. The number of carbonyl (C=O) groups excluding carboxylic acids is 3. The molecule has 0 aliphatic carbocycles. The van der Waals surface area contributed by atoms with Crippen molar-refractivity contribution in [3.05, 3.63) is 52.9 Å². The average Bonchev–Trinajstić information content (AvgIpc) is 3.16. The lowest BCUT2D eigenvalue weighted by Crippen LogP contribution is -2.45. The number of ether oxygens (including phenoxy) is 1. The molecule has 2 amide bonds. The lowest BCUT2D eigenvalue weighted by atomic mass is 10.0. The first-order valence-corrected chi connectivity index (χ1v) is 8.73. The fourth-order valence-corrected chi connectivity index (χ4v) is 2.45. The summed E-state index contributed by atoms with van der Waals surface area (Å²) in [4.78, 5) is 36.4. The first-order valence-electron chi connectivity index (χ1n) is 8.35. The summed E-state index contributed by atoms with van der Waals surface area (Å²) in [6, 6.07) is 7.25. The molecular weight excluding hydrogens is 372 g/mol. The van der Waals surface area contributed by atoms with Gasteiger partial charge in [0.2, 0.25) is 0 Å². The predicted octanol–water partition coefficient (Wildman–Crippen LogP) is 3.18. The first-order chi connectivity index (χ1) is 12.8. The van der Waals surface area contributed by atoms with Gasteiger partial charge >= 0.3 is 5.97 Å². The molecule has 0 aliphatic rings. The Labute approximate surface area is 162 Å². The monoisotopic (exact) mass is 392 g/mol. The summed E-state index contributed by atoms with van der Waals surface area (Å²) in [5, 5.41) is 5.71. The van der Waals surface area contributed by atoms with Gasteiger partial charge in [-0.2, -0.15) is 0 Å². The summed E-state index contributed by atoms with van der Waals surface area (Å²) in [6.07, 6.45) is 1.36. The van der Waals surface area contributed by atoms with E-state index >= 15 is 0 Å². The van der Waals surface area contributed by atoms with Crippen molar-refractivity contribution in [3.63, 3.8) is 0 Å². The third kappa shape index (κ3) is 5.59. The maximum absolute atomic E-state index is 12.3. The smallest absolute Gasteiger partial charge is 0.329 e. The average molecular weight is 393 g/mol. The van der Waals surface area contributed by atoms with Gasteiger partial charge in [-0.25, -0.2) is 4.79 Å². The Bertz CT molecular complexity index is 818. The third-order valence-corrected chi connectivity index (χ3v) is 4.25. The molecule has 7 nitrogen and oxygen atoms in total. The van der Waals surface area contributed by atoms with E-state index in [1.807, 2.05) is 0 Å². The minimum Gasteiger partial charge on any atom is -0.459 e. The van der Waals surface area contributed by atoms with Crippen LogP contribution in [0.1, 0.15) is 30.0 Å². The van der Waals surface area contributed by atoms with Crippen LogP contribution in [0, 0.1) is 12.8 Å². The maximum atomic E-state index is 12.3. The van der Waals surface area contributed by atoms with E-state index < -0.39 is 30.4 Å². The van der Waals surface area contributed by atoms with Gasteiger partial charge in [0.05, 0.1) is 6.26 Å². The number of furan rings is 1. The summed E-state index contributed by atoms with van der Waals surface area (Å²) >= 11 is 6.01. The summed E-state index contributed by atoms with van der Waals surface area (Å²) in [5.74, 6) is -1.90. The van der Waals surface area contributed by atoms with Crippen molar-refractivity contribution in [1.82, 2.24) is 5.32 Å². The van der Waals surface area contributed by atoms with Crippen molar-refractivity contribution in [2.45, 2.75) is 26.8 Å². The second kappa shape index (κ2) is 9.23. The molecular formula is C19H21ClN2O5. The molecule has 2 N–H and O–H groups in total. The highest BCUT2D eigenvalue weighted by molar-refractivity contribution is 6.31. The van der Waals surface area contributed by atoms with E-state index in [1.165, 1.54) is 12.3 Å². The van der Waals surface area contributed by atoms with Crippen LogP contribution in [0.4, 0.5) is 5.69 Å². The largest absolute Gasteiger partial charge is 0.459 e. The number of esters is 1. The number of carbonyl (C=O) groups is 3. The van der Waals surface area contributed by atoms with Crippen molar-refractivity contribution in [1.29, 1.82) is 0 Å². The van der Waals surface area contributed by atoms with Crippen LogP contribution in [0.5, 0.6) is 0 Å². The number of rotatable bonds is 7. The van der Waals surface area contributed by atoms with Crippen molar-refractivity contribution in [2.75, 3.05) is 11.9 Å². The first kappa shape index (κ1) is 20.5. The van der Waals surface area contributed by atoms with Gasteiger partial charge in [0.15, 0.2) is 12.4 Å². The van der Waals surface area contributed by atoms with Gasteiger partial charge in [0.25, 0.3) is 11.8 Å². The number of anilines is 1. The van der Waals surface area contributed by atoms with E-state index in [-0.39, 0.29) is 11.7 Å². The van der Waals surface area contributed by atoms with Gasteiger partial charge < -0.3 is 19.8 Å². The minimum absolute atomic E-state index is 0.0858. The SMILES string of the molecule is Cc1c(Cl)cccc1NC(=O)COC(=O)[C@@H](NC(=O)c1ccco1)C(C)C. The van der Waals surface area contributed by atoms with Crippen LogP contribution in [0.3, 0.4) is 0 Å². The van der Waals surface area contributed by atoms with E-state index in [2.05, 4.69) is 10.6 Å². The van der Waals surface area contributed by atoms with Crippen LogP contribution in [0.2, 0.25) is 5.02 Å². The van der Waals surface area contributed by atoms with E-state index in [1.54, 1.807) is 45.0 Å². The lowest BCUT2D eigenvalue weighted by Gasteiger charge is -2.20. The Balaban J connectivity index is 1.92. The van der Waals surface area contributed by atoms with Gasteiger partial charge in [-0.1, -0.05) is 31.5 Å². The summed E-state index contributed by atoms with van der Waals surface area (Å²) < 4.78 is 10.1. The predicted molar refractivity (Wildman–Crippen MR) is 101 cm³/mol. The normalized spacial score (nSPS) is 11.7. The standard InChI is InChI=1S/C19H21ClN2O5/c1-11(2)17(22-18(24)15-8-5-9-26-15)19(25)27-10-16(23)21-14-7-4-6-13(20)12(14)3/h4-9,11,17H,10H2,1-3H3,(H,21,23)(H,22,24)/t17-/m0/s1. The summed E-state index contributed by atoms with van der Waals surface area (Å²) in [6.45, 7) is 4.79. The van der Waals surface area contributed by atoms with Crippen LogP contribution >= 0.6 is 11.6 Å². The number of amides is 2. The molecule has 0 unspecified atom stereocenters. The number of benzene rings is 1. The van der Waals surface area contributed by atoms with Gasteiger partial charge in [-0.3, -0.25) is 9.59 Å². The molecule has 27 heavy (non-hydrogen) atoms. The number of nitrogens with one attached hydrogen (secondary N) is 2. The van der Waals surface area contributed by atoms with Gasteiger partial charge in [-0.05, 0) is 42.7 Å². The lowest BCUT2D eigenvalue weighted by molar-refractivity contribution is -0.150. The Morgan fingerprint density at radius 2 is 1.93 bits per heavy atom. The van der Waals surface area contributed by atoms with Gasteiger partial charge in [0, 0.05) is 10.7 Å². The zero-order chi connectivity index (χ0) is 20.0. The molecule has 2 rings (SSSR count). The van der Waals surface area contributed by atoms with Crippen LogP contribution in [-0.4, -0.2) is 30.4 Å². The molecule has 1 aromatic carbocycles. The highest BCUT2D eigenvalue weighted by Crippen LogP contribution is 2.22. The van der Waals surface area contributed by atoms with E-state index in [0.29, 0.717) is 16.3 Å². The Morgan fingerprint density at radius 3 is 2.56 bits per heavy atom. The fraction of sp³-hybridized carbons (Fsp3) is 0.316. The second-order valence-corrected chi connectivity index (χ2v) is 6.65. The van der Waals surface area contributed by atoms with Gasteiger partial charge in [-0.15, -0.1) is 0 Å². The van der Waals surface area contributed by atoms with Crippen molar-refractivity contribution in [3.8, 4) is 0 Å². The van der Waals surface area contributed by atoms with Crippen LogP contribution < -0.4 is 10.6 Å². The zero-order valence-corrected chi connectivity index (χ0v) is 16.0. The van der Waals surface area contributed by atoms with Crippen molar-refractivity contribution in [2.24, 2.45) is 5.92 Å². The molecule has 0 saturated heterocycles. The zero-order valence-electron chi connectivity index (χ0n) is 15.2. The van der Waals surface area contributed by atoms with E-state index in [9.17, 15) is 14.4 Å². The molecule has 144 valence electrons. The molecule has 0 radical (unpaired) electrons. The van der Waals surface area contributed by atoms with E-state index in [4.69, 9.17) is 20.8 Å². The van der Waals surface area contributed by atoms with Gasteiger partial charge in [0.1, 0.15) is 6.04 Å². The minimum atomic E-state index is -0.914. The Hall–Kier alpha value is -2.80. The molecule has 1 aromatic heterocycles. The van der Waals surface area contributed by atoms with E-state index in [0.717, 1.165) is 0 Å². The quantitative estimate of drug-likeness (QED) is 0.705. The maximum Gasteiger partial charge on any atom is 0.329 e. The topological polar surface area (TPSA) is 97.6 Å². The molecule has 8 heteroatoms. The van der Waals surface area contributed by atoms with Crippen LogP contribution in [-0.2, 0) is 14.3 Å². The van der Waals surface area contributed by atoms with Crippen LogP contribution in [0.25, 0.3) is 0 Å². The van der Waals surface area contributed by atoms with Crippen molar-refractivity contribution >= 4 is 35.1 Å². The Morgan fingerprint density at radius 1 is 1.19 bits per heavy atom. The molecule has 0 spiro atoms. The fourth-order valence-electron chi connectivity index (χ4n) is 2.27. The summed E-state index contributed by atoms with van der Waals surface area (Å²) in [7, 11) is 0. The molecule has 1 atom stereocenters. The number of halogens is 1. The third-order valence-electron chi connectivity index (χ3n) is 3.84. The molecule has 0 bridgehead atoms. The molecule has 0 aliphatic heterocycles. The molecule has 0 saturated carbocycles. The van der Waals surface area contributed by atoms with Crippen molar-refractivity contribution < 1.29 is 23.5 Å². The Kier molecular flexibility index (Phi) is 7.01. The molecule has 1 heterocycles. The highest BCUT2D eigenvalue weighted by Gasteiger charge is 2.27. The molecule has 2 aromatic rings. The number of hydrogen-bond acceptors (Lipinski definition) is 5. The second-order valence-electron chi connectivity index (χ2n) is 6.24. The van der Waals surface area contributed by atoms with Crippen LogP contribution in [0.15, 0.2) is 41.0 Å². The molecule has 0 fully saturated rings. The summed E-state index contributed by atoms with van der Waals surface area (Å²) in [5.41, 5.74) is 1.25. The number of hydrogen-bond donors (Lipinski definition) is 2.